The zero-order valence-electron chi connectivity index (χ0n) is 10.2. The van der Waals surface area contributed by atoms with Gasteiger partial charge in [0, 0.05) is 12.8 Å². The molecule has 0 saturated carbocycles. The van der Waals surface area contributed by atoms with Crippen LogP contribution in [0.2, 0.25) is 0 Å². The molecule has 1 amide bonds. The van der Waals surface area contributed by atoms with Crippen LogP contribution in [-0.4, -0.2) is 29.7 Å². The molecule has 0 radical (unpaired) electrons. The van der Waals surface area contributed by atoms with Gasteiger partial charge in [0.05, 0.1) is 0 Å². The van der Waals surface area contributed by atoms with E-state index >= 15 is 0 Å². The lowest BCUT2D eigenvalue weighted by Gasteiger charge is -2.00. The van der Waals surface area contributed by atoms with E-state index in [0.717, 1.165) is 30.8 Å². The van der Waals surface area contributed by atoms with Gasteiger partial charge in [-0.2, -0.15) is 0 Å². The number of nitrogens with zero attached hydrogens (tertiary/aromatic N) is 2. The van der Waals surface area contributed by atoms with Gasteiger partial charge in [-0.3, -0.25) is 4.79 Å². The second-order valence-electron chi connectivity index (χ2n) is 3.51. The maximum Gasteiger partial charge on any atom is 0.226 e. The van der Waals surface area contributed by atoms with Crippen LogP contribution in [-0.2, 0) is 11.2 Å². The first kappa shape index (κ1) is 16.3. The van der Waals surface area contributed by atoms with Gasteiger partial charge in [-0.05, 0) is 26.4 Å². The Morgan fingerprint density at radius 1 is 1.41 bits per heavy atom. The van der Waals surface area contributed by atoms with Crippen molar-refractivity contribution < 1.29 is 4.79 Å². The highest BCUT2D eigenvalue weighted by atomic mass is 35.5. The van der Waals surface area contributed by atoms with Crippen molar-refractivity contribution in [1.29, 1.82) is 0 Å². The zero-order chi connectivity index (χ0) is 11.8. The Labute approximate surface area is 112 Å². The molecule has 17 heavy (non-hydrogen) atoms. The first-order chi connectivity index (χ1) is 7.76. The molecule has 0 aliphatic rings. The number of nitrogens with one attached hydrogen (secondary N) is 2. The molecule has 0 aliphatic heterocycles. The molecule has 0 saturated heterocycles. The molecule has 5 nitrogen and oxygen atoms in total. The molecule has 1 heterocycles. The van der Waals surface area contributed by atoms with Crippen LogP contribution in [0.3, 0.4) is 0 Å². The topological polar surface area (TPSA) is 66.9 Å². The normalized spacial score (nSPS) is 9.76. The molecule has 0 fully saturated rings. The number of aryl methyl sites for hydroxylation is 1. The van der Waals surface area contributed by atoms with Crippen molar-refractivity contribution in [3.05, 3.63) is 5.01 Å². The van der Waals surface area contributed by atoms with E-state index in [-0.39, 0.29) is 18.3 Å². The largest absolute Gasteiger partial charge is 0.320 e. The molecule has 1 rings (SSSR count). The van der Waals surface area contributed by atoms with E-state index in [1.807, 2.05) is 7.05 Å². The van der Waals surface area contributed by atoms with Gasteiger partial charge in [-0.25, -0.2) is 0 Å². The van der Waals surface area contributed by atoms with Gasteiger partial charge < -0.3 is 10.6 Å². The second-order valence-corrected chi connectivity index (χ2v) is 4.57. The molecule has 0 aromatic carbocycles. The van der Waals surface area contributed by atoms with Gasteiger partial charge in [-0.15, -0.1) is 22.6 Å². The summed E-state index contributed by atoms with van der Waals surface area (Å²) in [4.78, 5) is 11.5. The predicted molar refractivity (Wildman–Crippen MR) is 72.9 cm³/mol. The Balaban J connectivity index is 0.00000256. The second kappa shape index (κ2) is 9.32. The summed E-state index contributed by atoms with van der Waals surface area (Å²) in [5, 5.41) is 15.3. The van der Waals surface area contributed by atoms with Gasteiger partial charge in [-0.1, -0.05) is 18.3 Å². The number of aromatic nitrogens is 2. The van der Waals surface area contributed by atoms with E-state index in [0.29, 0.717) is 11.6 Å². The number of amides is 1. The lowest BCUT2D eigenvalue weighted by molar-refractivity contribution is -0.116. The van der Waals surface area contributed by atoms with Crippen LogP contribution in [0.25, 0.3) is 0 Å². The molecule has 0 unspecified atom stereocenters. The average molecular weight is 279 g/mol. The minimum Gasteiger partial charge on any atom is -0.320 e. The van der Waals surface area contributed by atoms with Crippen LogP contribution in [0.5, 0.6) is 0 Å². The van der Waals surface area contributed by atoms with Crippen LogP contribution in [0.4, 0.5) is 5.13 Å². The van der Waals surface area contributed by atoms with E-state index in [9.17, 15) is 4.79 Å². The first-order valence-corrected chi connectivity index (χ1v) is 6.34. The van der Waals surface area contributed by atoms with Crippen molar-refractivity contribution >= 4 is 34.8 Å². The highest BCUT2D eigenvalue weighted by Crippen LogP contribution is 2.16. The molecule has 7 heteroatoms. The molecule has 0 atom stereocenters. The smallest absolute Gasteiger partial charge is 0.226 e. The minimum atomic E-state index is 0. The fourth-order valence-corrected chi connectivity index (χ4v) is 2.08. The number of carbonyl (C=O) groups is 1. The maximum atomic E-state index is 11.5. The van der Waals surface area contributed by atoms with Crippen LogP contribution in [0.1, 0.15) is 31.2 Å². The van der Waals surface area contributed by atoms with Gasteiger partial charge in [0.1, 0.15) is 5.01 Å². The molecular formula is C10H19ClN4OS. The SMILES string of the molecule is CCCc1nnc(NC(=O)CCCNC)s1.Cl. The number of carbonyl (C=O) groups excluding carboxylic acids is 1. The van der Waals surface area contributed by atoms with E-state index < -0.39 is 0 Å². The number of rotatable bonds is 7. The molecular weight excluding hydrogens is 260 g/mol. The fourth-order valence-electron chi connectivity index (χ4n) is 1.23. The van der Waals surface area contributed by atoms with Gasteiger partial charge >= 0.3 is 0 Å². The summed E-state index contributed by atoms with van der Waals surface area (Å²) in [6.45, 7) is 2.95. The highest BCUT2D eigenvalue weighted by molar-refractivity contribution is 7.15. The average Bonchev–Trinajstić information content (AvgIpc) is 2.66. The summed E-state index contributed by atoms with van der Waals surface area (Å²) in [6, 6.07) is 0. The van der Waals surface area contributed by atoms with E-state index in [1.54, 1.807) is 0 Å². The Morgan fingerprint density at radius 2 is 2.18 bits per heavy atom. The predicted octanol–water partition coefficient (Wildman–Crippen LogP) is 1.85. The molecule has 0 aliphatic carbocycles. The zero-order valence-corrected chi connectivity index (χ0v) is 11.8. The Bertz CT molecular complexity index is 332. The van der Waals surface area contributed by atoms with E-state index in [1.165, 1.54) is 11.3 Å². The standard InChI is InChI=1S/C10H18N4OS.ClH/c1-3-5-9-13-14-10(16-9)12-8(15)6-4-7-11-2;/h11H,3-7H2,1-2H3,(H,12,14,15);1H. The van der Waals surface area contributed by atoms with Gasteiger partial charge in [0.25, 0.3) is 0 Å². The van der Waals surface area contributed by atoms with Crippen LogP contribution in [0.15, 0.2) is 0 Å². The molecule has 0 bridgehead atoms. The summed E-state index contributed by atoms with van der Waals surface area (Å²) in [6.07, 6.45) is 3.32. The van der Waals surface area contributed by atoms with Crippen molar-refractivity contribution in [3.8, 4) is 0 Å². The molecule has 1 aromatic heterocycles. The lowest BCUT2D eigenvalue weighted by atomic mass is 10.3. The van der Waals surface area contributed by atoms with Crippen molar-refractivity contribution in [3.63, 3.8) is 0 Å². The van der Waals surface area contributed by atoms with E-state index in [2.05, 4.69) is 27.8 Å². The van der Waals surface area contributed by atoms with Crippen LogP contribution < -0.4 is 10.6 Å². The summed E-state index contributed by atoms with van der Waals surface area (Å²) in [7, 11) is 1.87. The number of hydrogen-bond acceptors (Lipinski definition) is 5. The van der Waals surface area contributed by atoms with Crippen LogP contribution in [0, 0.1) is 0 Å². The lowest BCUT2D eigenvalue weighted by Crippen LogP contribution is -2.15. The van der Waals surface area contributed by atoms with Gasteiger partial charge in [0.15, 0.2) is 0 Å². The third kappa shape index (κ3) is 6.55. The molecule has 0 spiro atoms. The minimum absolute atomic E-state index is 0. The Kier molecular flexibility index (Phi) is 8.93. The summed E-state index contributed by atoms with van der Waals surface area (Å²) < 4.78 is 0. The first-order valence-electron chi connectivity index (χ1n) is 5.53. The summed E-state index contributed by atoms with van der Waals surface area (Å²) in [5.41, 5.74) is 0. The van der Waals surface area contributed by atoms with Crippen molar-refractivity contribution in [2.75, 3.05) is 18.9 Å². The summed E-state index contributed by atoms with van der Waals surface area (Å²) >= 11 is 1.46. The van der Waals surface area contributed by atoms with Crippen LogP contribution >= 0.6 is 23.7 Å². The Hall–Kier alpha value is -0.720. The third-order valence-corrected chi connectivity index (χ3v) is 2.91. The molecule has 98 valence electrons. The van der Waals surface area contributed by atoms with E-state index in [4.69, 9.17) is 0 Å². The summed E-state index contributed by atoms with van der Waals surface area (Å²) in [5.74, 6) is 0.00875. The van der Waals surface area contributed by atoms with Crippen molar-refractivity contribution in [2.24, 2.45) is 0 Å². The third-order valence-electron chi connectivity index (χ3n) is 2.01. The quantitative estimate of drug-likeness (QED) is 0.747. The maximum absolute atomic E-state index is 11.5. The number of anilines is 1. The Morgan fingerprint density at radius 3 is 2.82 bits per heavy atom. The fraction of sp³-hybridized carbons (Fsp3) is 0.700. The monoisotopic (exact) mass is 278 g/mol. The van der Waals surface area contributed by atoms with Crippen molar-refractivity contribution in [1.82, 2.24) is 15.5 Å². The number of halogens is 1. The molecule has 1 aromatic rings. The van der Waals surface area contributed by atoms with Crippen molar-refractivity contribution in [2.45, 2.75) is 32.6 Å². The number of hydrogen-bond donors (Lipinski definition) is 2. The molecule has 2 N–H and O–H groups in total. The van der Waals surface area contributed by atoms with Gasteiger partial charge in [0.2, 0.25) is 11.0 Å². The highest BCUT2D eigenvalue weighted by Gasteiger charge is 2.07.